The number of para-hydroxylation sites is 1. The van der Waals surface area contributed by atoms with Crippen molar-refractivity contribution in [3.05, 3.63) is 70.3 Å². The molecule has 23 heavy (non-hydrogen) atoms. The van der Waals surface area contributed by atoms with Crippen LogP contribution < -0.4 is 11.3 Å². The maximum atomic E-state index is 14.1. The van der Waals surface area contributed by atoms with Crippen molar-refractivity contribution in [1.82, 2.24) is 9.55 Å². The predicted molar refractivity (Wildman–Crippen MR) is 84.5 cm³/mol. The largest absolute Gasteiger partial charge is 0.321 e. The summed E-state index contributed by atoms with van der Waals surface area (Å²) in [7, 11) is 0. The number of hydrogen-bond donors (Lipinski definition) is 1. The van der Waals surface area contributed by atoms with E-state index in [2.05, 4.69) is 4.98 Å². The fraction of sp³-hybridized carbons (Fsp3) is 0.176. The third-order valence-electron chi connectivity index (χ3n) is 3.74. The molecular weight excluding hydrogens is 300 g/mol. The van der Waals surface area contributed by atoms with Gasteiger partial charge in [-0.25, -0.2) is 13.8 Å². The first-order chi connectivity index (χ1) is 11.0. The Morgan fingerprint density at radius 1 is 1.13 bits per heavy atom. The van der Waals surface area contributed by atoms with Crippen molar-refractivity contribution >= 4 is 10.9 Å². The standard InChI is InChI=1S/C17H15F2N3O/c1-2-13(20)16-21-15-12(19)9-8-11(18)14(15)17(23)22(16)10-6-4-3-5-7-10/h3-9,13H,2,20H2,1H3/t13-/m0/s1. The fourth-order valence-corrected chi connectivity index (χ4v) is 2.49. The summed E-state index contributed by atoms with van der Waals surface area (Å²) in [6, 6.07) is 9.98. The van der Waals surface area contributed by atoms with Gasteiger partial charge in [-0.2, -0.15) is 0 Å². The summed E-state index contributed by atoms with van der Waals surface area (Å²) in [4.78, 5) is 17.0. The van der Waals surface area contributed by atoms with Gasteiger partial charge in [0.1, 0.15) is 28.4 Å². The number of benzene rings is 2. The molecule has 6 heteroatoms. The molecule has 0 aliphatic heterocycles. The molecule has 0 aliphatic carbocycles. The molecule has 1 heterocycles. The molecule has 3 rings (SSSR count). The second-order valence-corrected chi connectivity index (χ2v) is 5.21. The lowest BCUT2D eigenvalue weighted by molar-refractivity contribution is 0.596. The van der Waals surface area contributed by atoms with E-state index in [-0.39, 0.29) is 16.7 Å². The van der Waals surface area contributed by atoms with E-state index in [0.717, 1.165) is 12.1 Å². The van der Waals surface area contributed by atoms with Crippen LogP contribution in [0.15, 0.2) is 47.3 Å². The number of hydrogen-bond acceptors (Lipinski definition) is 3. The van der Waals surface area contributed by atoms with E-state index in [1.165, 1.54) is 4.57 Å². The third kappa shape index (κ3) is 2.51. The summed E-state index contributed by atoms with van der Waals surface area (Å²) in [5, 5.41) is -0.374. The van der Waals surface area contributed by atoms with E-state index < -0.39 is 23.2 Å². The van der Waals surface area contributed by atoms with Crippen LogP contribution in [0.25, 0.3) is 16.6 Å². The highest BCUT2D eigenvalue weighted by Crippen LogP contribution is 2.21. The van der Waals surface area contributed by atoms with Crippen molar-refractivity contribution in [3.8, 4) is 5.69 Å². The van der Waals surface area contributed by atoms with E-state index in [4.69, 9.17) is 5.73 Å². The summed E-state index contributed by atoms with van der Waals surface area (Å²) < 4.78 is 29.3. The lowest BCUT2D eigenvalue weighted by Gasteiger charge is -2.17. The van der Waals surface area contributed by atoms with Crippen LogP contribution in [-0.4, -0.2) is 9.55 Å². The van der Waals surface area contributed by atoms with Gasteiger partial charge in [-0.1, -0.05) is 25.1 Å². The zero-order chi connectivity index (χ0) is 16.6. The minimum Gasteiger partial charge on any atom is -0.321 e. The Hall–Kier alpha value is -2.60. The molecule has 4 nitrogen and oxygen atoms in total. The van der Waals surface area contributed by atoms with Gasteiger partial charge < -0.3 is 5.73 Å². The molecule has 0 saturated heterocycles. The summed E-state index contributed by atoms with van der Waals surface area (Å²) in [6.45, 7) is 1.83. The van der Waals surface area contributed by atoms with Crippen LogP contribution in [0.5, 0.6) is 0 Å². The molecule has 1 aromatic heterocycles. The lowest BCUT2D eigenvalue weighted by atomic mass is 10.1. The van der Waals surface area contributed by atoms with Gasteiger partial charge in [0.15, 0.2) is 0 Å². The zero-order valence-corrected chi connectivity index (χ0v) is 12.5. The first-order valence-corrected chi connectivity index (χ1v) is 7.26. The van der Waals surface area contributed by atoms with Crippen molar-refractivity contribution in [2.24, 2.45) is 5.73 Å². The summed E-state index contributed by atoms with van der Waals surface area (Å²) in [6.07, 6.45) is 0.502. The molecule has 0 fully saturated rings. The monoisotopic (exact) mass is 315 g/mol. The molecular formula is C17H15F2N3O. The molecule has 118 valence electrons. The number of aromatic nitrogens is 2. The molecule has 3 aromatic rings. The number of fused-ring (bicyclic) bond motifs is 1. The van der Waals surface area contributed by atoms with Gasteiger partial charge in [-0.15, -0.1) is 0 Å². The van der Waals surface area contributed by atoms with Crippen molar-refractivity contribution in [2.45, 2.75) is 19.4 Å². The molecule has 0 aliphatic rings. The van der Waals surface area contributed by atoms with Gasteiger partial charge in [-0.3, -0.25) is 9.36 Å². The highest BCUT2D eigenvalue weighted by molar-refractivity contribution is 5.79. The highest BCUT2D eigenvalue weighted by atomic mass is 19.1. The topological polar surface area (TPSA) is 60.9 Å². The summed E-state index contributed by atoms with van der Waals surface area (Å²) in [5.41, 5.74) is 5.59. The van der Waals surface area contributed by atoms with Gasteiger partial charge in [0.25, 0.3) is 5.56 Å². The number of nitrogens with two attached hydrogens (primary N) is 1. The molecule has 2 aromatic carbocycles. The maximum Gasteiger partial charge on any atom is 0.269 e. The van der Waals surface area contributed by atoms with Gasteiger partial charge in [-0.05, 0) is 30.7 Å². The van der Waals surface area contributed by atoms with Crippen LogP contribution in [0, 0.1) is 11.6 Å². The fourth-order valence-electron chi connectivity index (χ4n) is 2.49. The molecule has 0 unspecified atom stereocenters. The van der Waals surface area contributed by atoms with E-state index in [1.54, 1.807) is 30.3 Å². The summed E-state index contributed by atoms with van der Waals surface area (Å²) in [5.74, 6) is -1.34. The van der Waals surface area contributed by atoms with E-state index >= 15 is 0 Å². The lowest BCUT2D eigenvalue weighted by Crippen LogP contribution is -2.29. The SMILES string of the molecule is CC[C@H](N)c1nc2c(F)ccc(F)c2c(=O)n1-c1ccccc1. The molecule has 0 bridgehead atoms. The molecule has 0 radical (unpaired) electrons. The molecule has 0 saturated carbocycles. The van der Waals surface area contributed by atoms with Gasteiger partial charge >= 0.3 is 0 Å². The van der Waals surface area contributed by atoms with E-state index in [1.807, 2.05) is 6.92 Å². The summed E-state index contributed by atoms with van der Waals surface area (Å²) >= 11 is 0. The second kappa shape index (κ2) is 5.89. The van der Waals surface area contributed by atoms with Crippen LogP contribution in [0.4, 0.5) is 8.78 Å². The highest BCUT2D eigenvalue weighted by Gasteiger charge is 2.21. The maximum absolute atomic E-state index is 14.1. The quantitative estimate of drug-likeness (QED) is 0.808. The van der Waals surface area contributed by atoms with Gasteiger partial charge in [0.2, 0.25) is 0 Å². The third-order valence-corrected chi connectivity index (χ3v) is 3.74. The van der Waals surface area contributed by atoms with Crippen molar-refractivity contribution in [2.75, 3.05) is 0 Å². The number of halogens is 2. The van der Waals surface area contributed by atoms with Crippen LogP contribution >= 0.6 is 0 Å². The van der Waals surface area contributed by atoms with Crippen LogP contribution in [0.1, 0.15) is 25.2 Å². The average molecular weight is 315 g/mol. The smallest absolute Gasteiger partial charge is 0.269 e. The first-order valence-electron chi connectivity index (χ1n) is 7.26. The number of rotatable bonds is 3. The zero-order valence-electron chi connectivity index (χ0n) is 12.5. The Labute approximate surface area is 131 Å². The van der Waals surface area contributed by atoms with Crippen molar-refractivity contribution in [1.29, 1.82) is 0 Å². The Morgan fingerprint density at radius 2 is 1.78 bits per heavy atom. The number of nitrogens with zero attached hydrogens (tertiary/aromatic N) is 2. The van der Waals surface area contributed by atoms with E-state index in [9.17, 15) is 13.6 Å². The van der Waals surface area contributed by atoms with Crippen LogP contribution in [0.3, 0.4) is 0 Å². The van der Waals surface area contributed by atoms with Crippen molar-refractivity contribution < 1.29 is 8.78 Å². The normalized spacial score (nSPS) is 12.5. The van der Waals surface area contributed by atoms with Crippen LogP contribution in [-0.2, 0) is 0 Å². The van der Waals surface area contributed by atoms with E-state index in [0.29, 0.717) is 12.1 Å². The second-order valence-electron chi connectivity index (χ2n) is 5.21. The first kappa shape index (κ1) is 15.3. The molecule has 2 N–H and O–H groups in total. The average Bonchev–Trinajstić information content (AvgIpc) is 2.57. The molecule has 0 amide bonds. The van der Waals surface area contributed by atoms with Crippen LogP contribution in [0.2, 0.25) is 0 Å². The minimum atomic E-state index is -0.805. The Morgan fingerprint density at radius 3 is 2.43 bits per heavy atom. The molecule has 0 spiro atoms. The Balaban J connectivity index is 2.48. The molecule has 1 atom stereocenters. The Kier molecular flexibility index (Phi) is 3.92. The van der Waals surface area contributed by atoms with Crippen molar-refractivity contribution in [3.63, 3.8) is 0 Å². The predicted octanol–water partition coefficient (Wildman–Crippen LogP) is 3.07. The van der Waals surface area contributed by atoms with Gasteiger partial charge in [0, 0.05) is 0 Å². The Bertz CT molecular complexity index is 923. The minimum absolute atomic E-state index is 0.209. The van der Waals surface area contributed by atoms with Gasteiger partial charge in [0.05, 0.1) is 11.7 Å².